The molecule has 0 radical (unpaired) electrons. The summed E-state index contributed by atoms with van der Waals surface area (Å²) in [6, 6.07) is 0.0356. The van der Waals surface area contributed by atoms with E-state index >= 15 is 0 Å². The van der Waals surface area contributed by atoms with Crippen LogP contribution in [0.5, 0.6) is 0 Å². The Kier molecular flexibility index (Phi) is 4.28. The van der Waals surface area contributed by atoms with Gasteiger partial charge in [0.25, 0.3) is 0 Å². The molecule has 1 atom stereocenters. The quantitative estimate of drug-likeness (QED) is 0.828. The predicted molar refractivity (Wildman–Crippen MR) is 71.1 cm³/mol. The number of hydrogen-bond donors (Lipinski definition) is 1. The van der Waals surface area contributed by atoms with Gasteiger partial charge in [-0.3, -0.25) is 10.1 Å². The molecule has 104 valence electrons. The van der Waals surface area contributed by atoms with Crippen LogP contribution in [0.25, 0.3) is 0 Å². The number of hydrogen-bond acceptors (Lipinski definition) is 3. The van der Waals surface area contributed by atoms with Crippen LogP contribution in [-0.2, 0) is 9.53 Å². The van der Waals surface area contributed by atoms with Gasteiger partial charge in [-0.2, -0.15) is 0 Å². The van der Waals surface area contributed by atoms with E-state index in [1.165, 1.54) is 0 Å². The second-order valence-electron chi connectivity index (χ2n) is 6.50. The molecule has 1 unspecified atom stereocenters. The van der Waals surface area contributed by atoms with Crippen LogP contribution < -0.4 is 5.32 Å². The maximum absolute atomic E-state index is 12.3. The third kappa shape index (κ3) is 3.23. The molecule has 1 N–H and O–H groups in total. The molecule has 0 aromatic carbocycles. The Morgan fingerprint density at radius 2 is 2.11 bits per heavy atom. The predicted octanol–water partition coefficient (Wildman–Crippen LogP) is 1.61. The van der Waals surface area contributed by atoms with Crippen molar-refractivity contribution in [1.82, 2.24) is 10.2 Å². The van der Waals surface area contributed by atoms with Crippen LogP contribution in [0.2, 0.25) is 0 Å². The zero-order chi connectivity index (χ0) is 13.2. The molecule has 2 fully saturated rings. The van der Waals surface area contributed by atoms with Crippen LogP contribution in [0, 0.1) is 11.3 Å². The number of carbonyl (C=O) groups excluding carboxylic acids is 1. The van der Waals surface area contributed by atoms with E-state index in [-0.39, 0.29) is 17.4 Å². The second-order valence-corrected chi connectivity index (χ2v) is 6.50. The van der Waals surface area contributed by atoms with Gasteiger partial charge in [-0.25, -0.2) is 0 Å². The molecule has 4 heteroatoms. The number of nitrogens with one attached hydrogen (secondary N) is 1. The van der Waals surface area contributed by atoms with Crippen molar-refractivity contribution in [2.45, 2.75) is 46.1 Å². The van der Waals surface area contributed by atoms with Gasteiger partial charge in [-0.05, 0) is 30.6 Å². The summed E-state index contributed by atoms with van der Waals surface area (Å²) < 4.78 is 5.41. The molecule has 2 aliphatic rings. The van der Waals surface area contributed by atoms with Crippen LogP contribution in [0.4, 0.5) is 0 Å². The number of amides is 1. The highest BCUT2D eigenvalue weighted by Gasteiger charge is 2.37. The summed E-state index contributed by atoms with van der Waals surface area (Å²) in [6.45, 7) is 9.86. The SMILES string of the molecule is CC(C)CC1NCN(CC2(C)CCOCC2)C1=O. The van der Waals surface area contributed by atoms with Crippen LogP contribution in [0.3, 0.4) is 0 Å². The van der Waals surface area contributed by atoms with Crippen molar-refractivity contribution >= 4 is 5.91 Å². The van der Waals surface area contributed by atoms with Gasteiger partial charge in [-0.15, -0.1) is 0 Å². The largest absolute Gasteiger partial charge is 0.381 e. The summed E-state index contributed by atoms with van der Waals surface area (Å²) in [6.07, 6.45) is 3.06. The molecule has 2 heterocycles. The minimum absolute atomic E-state index is 0.0356. The van der Waals surface area contributed by atoms with E-state index < -0.39 is 0 Å². The Labute approximate surface area is 110 Å². The summed E-state index contributed by atoms with van der Waals surface area (Å²) in [7, 11) is 0. The Balaban J connectivity index is 1.89. The number of nitrogens with zero attached hydrogens (tertiary/aromatic N) is 1. The van der Waals surface area contributed by atoms with E-state index in [1.807, 2.05) is 4.90 Å². The Bertz CT molecular complexity index is 298. The first-order valence-electron chi connectivity index (χ1n) is 7.10. The topological polar surface area (TPSA) is 41.6 Å². The van der Waals surface area contributed by atoms with Crippen molar-refractivity contribution in [3.05, 3.63) is 0 Å². The van der Waals surface area contributed by atoms with E-state index in [1.54, 1.807) is 0 Å². The molecule has 0 bridgehead atoms. The first-order chi connectivity index (χ1) is 8.50. The Hall–Kier alpha value is -0.610. The lowest BCUT2D eigenvalue weighted by atomic mass is 9.82. The van der Waals surface area contributed by atoms with Gasteiger partial charge in [0.05, 0.1) is 12.7 Å². The highest BCUT2D eigenvalue weighted by Crippen LogP contribution is 2.31. The molecule has 18 heavy (non-hydrogen) atoms. The maximum atomic E-state index is 12.3. The third-order valence-corrected chi connectivity index (χ3v) is 4.12. The van der Waals surface area contributed by atoms with Crippen LogP contribution in [-0.4, -0.2) is 43.3 Å². The van der Waals surface area contributed by atoms with E-state index in [0.717, 1.165) is 39.0 Å². The fourth-order valence-corrected chi connectivity index (χ4v) is 2.88. The maximum Gasteiger partial charge on any atom is 0.240 e. The summed E-state index contributed by atoms with van der Waals surface area (Å²) in [5, 5.41) is 3.34. The monoisotopic (exact) mass is 254 g/mol. The second kappa shape index (κ2) is 5.57. The van der Waals surface area contributed by atoms with Gasteiger partial charge in [-0.1, -0.05) is 20.8 Å². The molecule has 4 nitrogen and oxygen atoms in total. The number of rotatable bonds is 4. The summed E-state index contributed by atoms with van der Waals surface area (Å²) in [4.78, 5) is 14.3. The van der Waals surface area contributed by atoms with E-state index in [2.05, 4.69) is 26.1 Å². The zero-order valence-corrected chi connectivity index (χ0v) is 11.9. The zero-order valence-electron chi connectivity index (χ0n) is 11.9. The summed E-state index contributed by atoms with van der Waals surface area (Å²) in [5.41, 5.74) is 0.238. The van der Waals surface area contributed by atoms with Crippen molar-refractivity contribution < 1.29 is 9.53 Å². The number of carbonyl (C=O) groups is 1. The molecule has 0 saturated carbocycles. The fourth-order valence-electron chi connectivity index (χ4n) is 2.88. The average molecular weight is 254 g/mol. The molecule has 2 aliphatic heterocycles. The van der Waals surface area contributed by atoms with Gasteiger partial charge in [0.1, 0.15) is 0 Å². The molecule has 2 saturated heterocycles. The molecule has 0 aromatic heterocycles. The molecule has 0 aromatic rings. The van der Waals surface area contributed by atoms with Gasteiger partial charge in [0, 0.05) is 19.8 Å². The van der Waals surface area contributed by atoms with Crippen molar-refractivity contribution in [2.24, 2.45) is 11.3 Å². The molecule has 2 rings (SSSR count). The number of ether oxygens (including phenoxy) is 1. The lowest BCUT2D eigenvalue weighted by Gasteiger charge is -2.36. The van der Waals surface area contributed by atoms with Crippen molar-refractivity contribution in [2.75, 3.05) is 26.4 Å². The average Bonchev–Trinajstić information content (AvgIpc) is 2.61. The van der Waals surface area contributed by atoms with Crippen LogP contribution >= 0.6 is 0 Å². The lowest BCUT2D eigenvalue weighted by Crippen LogP contribution is -2.41. The summed E-state index contributed by atoms with van der Waals surface area (Å²) >= 11 is 0. The first-order valence-corrected chi connectivity index (χ1v) is 7.10. The molecule has 0 spiro atoms. The molecular weight excluding hydrogens is 228 g/mol. The normalized spacial score (nSPS) is 28.1. The van der Waals surface area contributed by atoms with Crippen molar-refractivity contribution in [3.63, 3.8) is 0 Å². The van der Waals surface area contributed by atoms with Crippen LogP contribution in [0.15, 0.2) is 0 Å². The third-order valence-electron chi connectivity index (χ3n) is 4.12. The Morgan fingerprint density at radius 1 is 1.44 bits per heavy atom. The molecular formula is C14H26N2O2. The van der Waals surface area contributed by atoms with E-state index in [9.17, 15) is 4.79 Å². The minimum Gasteiger partial charge on any atom is -0.381 e. The Morgan fingerprint density at radius 3 is 2.72 bits per heavy atom. The van der Waals surface area contributed by atoms with Crippen molar-refractivity contribution in [3.8, 4) is 0 Å². The highest BCUT2D eigenvalue weighted by atomic mass is 16.5. The van der Waals surface area contributed by atoms with Gasteiger partial charge in [0.15, 0.2) is 0 Å². The molecule has 1 amide bonds. The van der Waals surface area contributed by atoms with Gasteiger partial charge < -0.3 is 9.64 Å². The van der Waals surface area contributed by atoms with E-state index in [4.69, 9.17) is 4.74 Å². The minimum atomic E-state index is 0.0356. The molecule has 0 aliphatic carbocycles. The van der Waals surface area contributed by atoms with E-state index in [0.29, 0.717) is 12.6 Å². The lowest BCUT2D eigenvalue weighted by molar-refractivity contribution is -0.131. The smallest absolute Gasteiger partial charge is 0.240 e. The fraction of sp³-hybridized carbons (Fsp3) is 0.929. The highest BCUT2D eigenvalue weighted by molar-refractivity contribution is 5.83. The first kappa shape index (κ1) is 13.8. The van der Waals surface area contributed by atoms with Crippen molar-refractivity contribution in [1.29, 1.82) is 0 Å². The van der Waals surface area contributed by atoms with Gasteiger partial charge in [0.2, 0.25) is 5.91 Å². The standard InChI is InChI=1S/C14H26N2O2/c1-11(2)8-12-13(17)16(10-15-12)9-14(3)4-6-18-7-5-14/h11-12,15H,4-10H2,1-3H3. The summed E-state index contributed by atoms with van der Waals surface area (Å²) in [5.74, 6) is 0.849. The van der Waals surface area contributed by atoms with Crippen LogP contribution in [0.1, 0.15) is 40.0 Å². The van der Waals surface area contributed by atoms with Gasteiger partial charge >= 0.3 is 0 Å².